The van der Waals surface area contributed by atoms with Gasteiger partial charge in [-0.05, 0) is 45.2 Å². The molecule has 3 aliphatic rings. The van der Waals surface area contributed by atoms with E-state index in [2.05, 4.69) is 35.7 Å². The fraction of sp³-hybridized carbons (Fsp3) is 0.870. The Morgan fingerprint density at radius 2 is 1.68 bits per heavy atom. The summed E-state index contributed by atoms with van der Waals surface area (Å²) in [6, 6.07) is 0. The van der Waals surface area contributed by atoms with Gasteiger partial charge in [0.2, 0.25) is 0 Å². The predicted octanol–water partition coefficient (Wildman–Crippen LogP) is 4.91. The van der Waals surface area contributed by atoms with Crippen LogP contribution in [0.1, 0.15) is 54.4 Å². The molecule has 4 N–H and O–H groups in total. The third-order valence-electron chi connectivity index (χ3n) is 8.70. The minimum absolute atomic E-state index is 0. The van der Waals surface area contributed by atoms with Crippen LogP contribution in [0.15, 0.2) is 11.6 Å². The molecular formula is C23H45Ac2O8P7. The van der Waals surface area contributed by atoms with Crippen molar-refractivity contribution >= 4 is 63.2 Å². The molecule has 0 spiro atoms. The molecule has 3 rings (SSSR count). The Bertz CT molecular complexity index is 908. The first kappa shape index (κ1) is 42.9. The molecule has 40 heavy (non-hydrogen) atoms. The monoisotopic (exact) mass is 1120 g/mol. The van der Waals surface area contributed by atoms with Crippen molar-refractivity contribution in [3.8, 4) is 0 Å². The van der Waals surface area contributed by atoms with Gasteiger partial charge in [-0.25, -0.2) is 0 Å². The third-order valence-corrected chi connectivity index (χ3v) is 31.1. The number of allylic oxidation sites excluding steroid dienone is 1. The molecule has 0 aromatic carbocycles. The third kappa shape index (κ3) is 8.90. The van der Waals surface area contributed by atoms with Gasteiger partial charge in [0.1, 0.15) is 11.7 Å². The smallest absolute Gasteiger partial charge is 0.302 e. The van der Waals surface area contributed by atoms with Crippen molar-refractivity contribution in [2.24, 2.45) is 22.7 Å². The zero-order valence-electron chi connectivity index (χ0n) is 24.0. The average molecular weight is 1120 g/mol. The average Bonchev–Trinajstić information content (AvgIpc) is 2.77. The summed E-state index contributed by atoms with van der Waals surface area (Å²) in [6.45, 7) is 9.44. The largest absolute Gasteiger partial charge is 0.462 e. The number of carbonyl (C=O) groups excluding carboxylic acids is 1. The standard InChI is InChI=1S/C23H45O8P7.2Ac/c1-11-9-21(4,5)14(7-15(11)26)18(30-13(3)25)19-22(6,20(27)12(2)24)16(8-17-23(19,28)10-29-17)31-36(37(32)33)38(34)35;;/h9,12,14-20,24,26-28H,7-8,10,32-35H2,1-6H3;;/t12-,14?,15+,16+,17-,18-,19?,20-,22-,23+;;/m1../s1. The molecule has 1 aliphatic heterocycles. The van der Waals surface area contributed by atoms with Crippen LogP contribution >= 0.6 is 57.2 Å². The second-order valence-electron chi connectivity index (χ2n) is 11.8. The first-order valence-corrected chi connectivity index (χ1v) is 24.5. The quantitative estimate of drug-likeness (QED) is 0.146. The molecule has 2 aliphatic carbocycles. The second-order valence-corrected chi connectivity index (χ2v) is 35.4. The number of rotatable bonds is 9. The maximum absolute atomic E-state index is 12.6. The van der Waals surface area contributed by atoms with Crippen molar-refractivity contribution in [3.63, 3.8) is 0 Å². The van der Waals surface area contributed by atoms with Crippen LogP contribution in [0.25, 0.3) is 0 Å². The molecule has 1 saturated heterocycles. The van der Waals surface area contributed by atoms with Crippen molar-refractivity contribution < 1.29 is 127 Å². The summed E-state index contributed by atoms with van der Waals surface area (Å²) in [5.74, 6) is -1.72. The normalized spacial score (nSPS) is 37.3. The van der Waals surface area contributed by atoms with Crippen LogP contribution in [0.5, 0.6) is 0 Å². The maximum atomic E-state index is 12.6. The summed E-state index contributed by atoms with van der Waals surface area (Å²) < 4.78 is 18.8. The number of aliphatic hydroxyl groups is 4. The van der Waals surface area contributed by atoms with Gasteiger partial charge in [-0.2, -0.15) is 0 Å². The van der Waals surface area contributed by atoms with E-state index in [1.54, 1.807) is 0 Å². The van der Waals surface area contributed by atoms with E-state index < -0.39 is 86.4 Å². The minimum Gasteiger partial charge on any atom is -0.462 e. The number of ether oxygens (including phenoxy) is 2. The van der Waals surface area contributed by atoms with Crippen molar-refractivity contribution in [1.82, 2.24) is 0 Å². The van der Waals surface area contributed by atoms with E-state index in [4.69, 9.17) is 14.0 Å². The summed E-state index contributed by atoms with van der Waals surface area (Å²) in [5, 5.41) is 45.5. The van der Waals surface area contributed by atoms with Gasteiger partial charge in [0.15, 0.2) is 0 Å². The van der Waals surface area contributed by atoms with Gasteiger partial charge >= 0.3 is 5.97 Å². The summed E-state index contributed by atoms with van der Waals surface area (Å²) in [4.78, 5) is 12.6. The molecular weight excluding hydrogens is 1080 g/mol. The Kier molecular flexibility index (Phi) is 18.2. The molecule has 6 unspecified atom stereocenters. The summed E-state index contributed by atoms with van der Waals surface area (Å²) in [7, 11) is 10.4. The van der Waals surface area contributed by atoms with Gasteiger partial charge in [0, 0.05) is 119 Å². The molecule has 0 aromatic heterocycles. The van der Waals surface area contributed by atoms with Crippen LogP contribution in [0, 0.1) is 111 Å². The van der Waals surface area contributed by atoms with E-state index in [1.165, 1.54) is 13.8 Å². The number of aliphatic hydroxyl groups excluding tert-OH is 3. The van der Waals surface area contributed by atoms with Crippen LogP contribution in [0.3, 0.4) is 0 Å². The minimum atomic E-state index is -1.41. The fourth-order valence-electron chi connectivity index (χ4n) is 6.80. The topological polar surface area (TPSA) is 126 Å². The molecule has 0 aromatic rings. The molecule has 14 atom stereocenters. The zero-order chi connectivity index (χ0) is 29.0. The SMILES string of the molecule is CC(=O)O[C@H](C1C[C@H](O)C(C)=CC1(C)C)C1[C@](C)([C@H](O)[C@@H](C)O)[C@@H](OP(P(P)P)P(P)P)C[C@H]2OC[C@@]12O.[Ac].[Ac]. The zero-order valence-corrected chi connectivity index (χ0v) is 40.8. The van der Waals surface area contributed by atoms with Crippen LogP contribution in [-0.2, 0) is 18.8 Å². The van der Waals surface area contributed by atoms with E-state index >= 15 is 0 Å². The van der Waals surface area contributed by atoms with Crippen molar-refractivity contribution in [2.45, 2.75) is 96.6 Å². The van der Waals surface area contributed by atoms with Crippen molar-refractivity contribution in [2.75, 3.05) is 6.61 Å². The molecule has 2 fully saturated rings. The number of fused-ring (bicyclic) bond motifs is 1. The van der Waals surface area contributed by atoms with Crippen molar-refractivity contribution in [1.29, 1.82) is 0 Å². The van der Waals surface area contributed by atoms with Crippen LogP contribution in [0.2, 0.25) is 0 Å². The fourth-order valence-corrected chi connectivity index (χ4v) is 39.7. The molecule has 17 heteroatoms. The Morgan fingerprint density at radius 1 is 1.12 bits per heavy atom. The number of esters is 1. The van der Waals surface area contributed by atoms with Crippen LogP contribution in [0.4, 0.5) is 0 Å². The van der Waals surface area contributed by atoms with Gasteiger partial charge in [-0.15, -0.1) is 35.7 Å². The van der Waals surface area contributed by atoms with E-state index in [0.717, 1.165) is 5.57 Å². The van der Waals surface area contributed by atoms with Crippen LogP contribution < -0.4 is 0 Å². The molecule has 226 valence electrons. The number of hydrogen-bond donors (Lipinski definition) is 4. The Labute approximate surface area is 323 Å². The predicted molar refractivity (Wildman–Crippen MR) is 170 cm³/mol. The number of carbonyl (C=O) groups is 1. The molecule has 2 radical (unpaired) electrons. The van der Waals surface area contributed by atoms with Gasteiger partial charge in [0.05, 0.1) is 44.7 Å². The van der Waals surface area contributed by atoms with E-state index in [1.807, 2.05) is 33.8 Å². The molecule has 0 bridgehead atoms. The van der Waals surface area contributed by atoms with E-state index in [9.17, 15) is 25.2 Å². The summed E-state index contributed by atoms with van der Waals surface area (Å²) >= 11 is 0. The van der Waals surface area contributed by atoms with E-state index in [0.29, 0.717) is 12.8 Å². The Morgan fingerprint density at radius 3 is 2.10 bits per heavy atom. The first-order valence-electron chi connectivity index (χ1n) is 12.7. The summed E-state index contributed by atoms with van der Waals surface area (Å²) in [5.41, 5.74) is -2.26. The Balaban J connectivity index is 0.00000400. The van der Waals surface area contributed by atoms with Crippen molar-refractivity contribution in [3.05, 3.63) is 11.6 Å². The van der Waals surface area contributed by atoms with Gasteiger partial charge in [-0.3, -0.25) is 4.79 Å². The molecule has 1 saturated carbocycles. The van der Waals surface area contributed by atoms with Gasteiger partial charge < -0.3 is 34.4 Å². The van der Waals surface area contributed by atoms with Gasteiger partial charge in [-0.1, -0.05) is 26.8 Å². The summed E-state index contributed by atoms with van der Waals surface area (Å²) in [6.07, 6.45) is -2.50. The second kappa shape index (κ2) is 17.0. The Hall–Kier alpha value is 4.86. The number of hydrogen-bond acceptors (Lipinski definition) is 8. The van der Waals surface area contributed by atoms with Crippen LogP contribution in [-0.4, -0.2) is 75.2 Å². The maximum Gasteiger partial charge on any atom is 0.302 e. The first-order chi connectivity index (χ1) is 17.4. The van der Waals surface area contributed by atoms with Gasteiger partial charge in [0.25, 0.3) is 0 Å². The van der Waals surface area contributed by atoms with E-state index in [-0.39, 0.29) is 101 Å². The molecule has 0 amide bonds. The molecule has 1 heterocycles. The molecule has 8 nitrogen and oxygen atoms in total.